The van der Waals surface area contributed by atoms with Crippen LogP contribution in [0, 0.1) is 0 Å². The molecule has 1 N–H and O–H groups in total. The lowest BCUT2D eigenvalue weighted by molar-refractivity contribution is 0.199. The zero-order valence-corrected chi connectivity index (χ0v) is 10.3. The van der Waals surface area contributed by atoms with Crippen molar-refractivity contribution in [2.24, 2.45) is 0 Å². The highest BCUT2D eigenvalue weighted by Gasteiger charge is 2.32. The second-order valence-corrected chi connectivity index (χ2v) is 5.48. The van der Waals surface area contributed by atoms with E-state index in [2.05, 4.69) is 22.6 Å². The highest BCUT2D eigenvalue weighted by Crippen LogP contribution is 2.35. The molecule has 0 heterocycles. The predicted octanol–water partition coefficient (Wildman–Crippen LogP) is 3.18. The van der Waals surface area contributed by atoms with Crippen LogP contribution in [0.2, 0.25) is 0 Å². The van der Waals surface area contributed by atoms with E-state index in [1.165, 1.54) is 0 Å². The van der Waals surface area contributed by atoms with Gasteiger partial charge in [0, 0.05) is 5.03 Å². The largest absolute Gasteiger partial charge is 0.387 e. The standard InChI is InChI=1S/C10H12ClIO/c1-2-3-6-10(12)7-8(11)4-5-9(10)13/h2-5,7,9,13H,6H2,1H3. The highest BCUT2D eigenvalue weighted by atomic mass is 127. The number of halogens is 2. The first kappa shape index (κ1) is 11.3. The van der Waals surface area contributed by atoms with Gasteiger partial charge in [-0.2, -0.15) is 0 Å². The Balaban J connectivity index is 2.81. The summed E-state index contributed by atoms with van der Waals surface area (Å²) < 4.78 is -0.282. The fourth-order valence-electron chi connectivity index (χ4n) is 1.18. The van der Waals surface area contributed by atoms with Gasteiger partial charge in [-0.05, 0) is 25.5 Å². The van der Waals surface area contributed by atoms with Crippen LogP contribution in [0.4, 0.5) is 0 Å². The van der Waals surface area contributed by atoms with Gasteiger partial charge in [0.25, 0.3) is 0 Å². The van der Waals surface area contributed by atoms with Crippen molar-refractivity contribution in [2.45, 2.75) is 22.9 Å². The normalized spacial score (nSPS) is 33.8. The summed E-state index contributed by atoms with van der Waals surface area (Å²) in [6.45, 7) is 1.97. The Morgan fingerprint density at radius 2 is 2.46 bits per heavy atom. The van der Waals surface area contributed by atoms with E-state index in [-0.39, 0.29) is 3.42 Å². The average molecular weight is 311 g/mol. The van der Waals surface area contributed by atoms with Crippen molar-refractivity contribution in [1.29, 1.82) is 0 Å². The lowest BCUT2D eigenvalue weighted by Crippen LogP contribution is -2.33. The van der Waals surface area contributed by atoms with Gasteiger partial charge in [0.15, 0.2) is 0 Å². The molecule has 1 aliphatic carbocycles. The average Bonchev–Trinajstić information content (AvgIpc) is 2.09. The molecule has 0 aromatic rings. The molecule has 1 aliphatic rings. The molecule has 13 heavy (non-hydrogen) atoms. The third-order valence-electron chi connectivity index (χ3n) is 1.97. The van der Waals surface area contributed by atoms with Crippen LogP contribution in [0.15, 0.2) is 35.4 Å². The number of aliphatic hydroxyl groups is 1. The molecule has 1 rings (SSSR count). The van der Waals surface area contributed by atoms with Crippen molar-refractivity contribution < 1.29 is 5.11 Å². The molecule has 0 saturated carbocycles. The van der Waals surface area contributed by atoms with Gasteiger partial charge in [-0.3, -0.25) is 0 Å². The van der Waals surface area contributed by atoms with E-state index in [9.17, 15) is 5.11 Å². The van der Waals surface area contributed by atoms with Crippen LogP contribution in [0.5, 0.6) is 0 Å². The van der Waals surface area contributed by atoms with Crippen LogP contribution in [0.1, 0.15) is 13.3 Å². The molecule has 0 saturated heterocycles. The van der Waals surface area contributed by atoms with Crippen molar-refractivity contribution >= 4 is 34.2 Å². The van der Waals surface area contributed by atoms with Gasteiger partial charge in [0.2, 0.25) is 0 Å². The minimum absolute atomic E-state index is 0.282. The van der Waals surface area contributed by atoms with Gasteiger partial charge < -0.3 is 5.11 Å². The lowest BCUT2D eigenvalue weighted by Gasteiger charge is -2.29. The summed E-state index contributed by atoms with van der Waals surface area (Å²) in [4.78, 5) is 0. The van der Waals surface area contributed by atoms with E-state index in [0.29, 0.717) is 5.03 Å². The van der Waals surface area contributed by atoms with Gasteiger partial charge in [-0.1, -0.05) is 52.4 Å². The summed E-state index contributed by atoms with van der Waals surface area (Å²) in [5, 5.41) is 10.4. The van der Waals surface area contributed by atoms with Crippen LogP contribution in [0.3, 0.4) is 0 Å². The summed E-state index contributed by atoms with van der Waals surface area (Å²) in [6, 6.07) is 0. The summed E-state index contributed by atoms with van der Waals surface area (Å²) >= 11 is 8.12. The molecule has 0 aliphatic heterocycles. The molecule has 0 aromatic heterocycles. The van der Waals surface area contributed by atoms with Crippen LogP contribution in [0.25, 0.3) is 0 Å². The van der Waals surface area contributed by atoms with Crippen molar-refractivity contribution in [3.05, 3.63) is 35.4 Å². The molecule has 3 heteroatoms. The first-order chi connectivity index (χ1) is 6.08. The minimum atomic E-state index is -0.452. The SMILES string of the molecule is CC=CCC1(I)C=C(Cl)C=CC1O. The molecular weight excluding hydrogens is 298 g/mol. The third kappa shape index (κ3) is 2.82. The number of allylic oxidation sites excluding steroid dienone is 4. The Morgan fingerprint density at radius 1 is 1.77 bits per heavy atom. The quantitative estimate of drug-likeness (QED) is 0.472. The molecule has 2 unspecified atom stereocenters. The minimum Gasteiger partial charge on any atom is -0.387 e. The maximum atomic E-state index is 9.74. The van der Waals surface area contributed by atoms with Crippen LogP contribution in [-0.4, -0.2) is 14.6 Å². The van der Waals surface area contributed by atoms with Gasteiger partial charge in [0.05, 0.1) is 9.53 Å². The highest BCUT2D eigenvalue weighted by molar-refractivity contribution is 14.1. The predicted molar refractivity (Wildman–Crippen MR) is 65.3 cm³/mol. The van der Waals surface area contributed by atoms with E-state index in [1.54, 1.807) is 12.2 Å². The van der Waals surface area contributed by atoms with Crippen molar-refractivity contribution in [3.8, 4) is 0 Å². The molecule has 0 amide bonds. The van der Waals surface area contributed by atoms with Gasteiger partial charge in [0.1, 0.15) is 0 Å². The summed E-state index contributed by atoms with van der Waals surface area (Å²) in [5.41, 5.74) is 0. The van der Waals surface area contributed by atoms with Gasteiger partial charge in [-0.15, -0.1) is 0 Å². The summed E-state index contributed by atoms with van der Waals surface area (Å²) in [7, 11) is 0. The second-order valence-electron chi connectivity index (χ2n) is 3.03. The molecule has 0 spiro atoms. The molecule has 0 bridgehead atoms. The topological polar surface area (TPSA) is 20.2 Å². The van der Waals surface area contributed by atoms with Gasteiger partial charge in [-0.25, -0.2) is 0 Å². The van der Waals surface area contributed by atoms with Crippen LogP contribution < -0.4 is 0 Å². The van der Waals surface area contributed by atoms with E-state index < -0.39 is 6.10 Å². The first-order valence-electron chi connectivity index (χ1n) is 4.13. The molecule has 0 aromatic carbocycles. The fraction of sp³-hybridized carbons (Fsp3) is 0.400. The Morgan fingerprint density at radius 3 is 3.08 bits per heavy atom. The van der Waals surface area contributed by atoms with Crippen LogP contribution in [-0.2, 0) is 0 Å². The third-order valence-corrected chi connectivity index (χ3v) is 3.60. The fourth-order valence-corrected chi connectivity index (χ4v) is 2.43. The number of hydrogen-bond donors (Lipinski definition) is 1. The second kappa shape index (κ2) is 4.62. The number of hydrogen-bond acceptors (Lipinski definition) is 1. The molecular formula is C10H12ClIO. The van der Waals surface area contributed by atoms with E-state index in [4.69, 9.17) is 11.6 Å². The molecule has 1 nitrogen and oxygen atoms in total. The lowest BCUT2D eigenvalue weighted by atomic mass is 9.94. The Hall–Kier alpha value is 0.200. The van der Waals surface area contributed by atoms with E-state index in [1.807, 2.05) is 25.2 Å². The first-order valence-corrected chi connectivity index (χ1v) is 5.59. The maximum Gasteiger partial charge on any atom is 0.0908 e. The molecule has 72 valence electrons. The Bertz CT molecular complexity index is 270. The molecule has 0 radical (unpaired) electrons. The molecule has 2 atom stereocenters. The number of aliphatic hydroxyl groups excluding tert-OH is 1. The smallest absolute Gasteiger partial charge is 0.0908 e. The Kier molecular flexibility index (Phi) is 4.01. The number of rotatable bonds is 2. The van der Waals surface area contributed by atoms with E-state index in [0.717, 1.165) is 6.42 Å². The van der Waals surface area contributed by atoms with Crippen molar-refractivity contribution in [1.82, 2.24) is 0 Å². The summed E-state index contributed by atoms with van der Waals surface area (Å²) in [6.07, 6.45) is 9.73. The van der Waals surface area contributed by atoms with Gasteiger partial charge >= 0.3 is 0 Å². The van der Waals surface area contributed by atoms with Crippen molar-refractivity contribution in [3.63, 3.8) is 0 Å². The number of alkyl halides is 1. The monoisotopic (exact) mass is 310 g/mol. The zero-order valence-electron chi connectivity index (χ0n) is 7.37. The summed E-state index contributed by atoms with van der Waals surface area (Å²) in [5.74, 6) is 0. The maximum absolute atomic E-state index is 9.74. The van der Waals surface area contributed by atoms with Crippen molar-refractivity contribution in [2.75, 3.05) is 0 Å². The van der Waals surface area contributed by atoms with Crippen LogP contribution >= 0.6 is 34.2 Å². The zero-order chi connectivity index (χ0) is 9.90. The van der Waals surface area contributed by atoms with E-state index >= 15 is 0 Å². The Labute approximate surface area is 97.3 Å². The molecule has 0 fully saturated rings.